The second kappa shape index (κ2) is 35.9. The molecule has 0 amide bonds. The fraction of sp³-hybridized carbons (Fsp3) is 0.167. The number of nitrogens with zero attached hydrogens (tertiary/aromatic N) is 5. The molecule has 0 unspecified atom stereocenters. The third kappa shape index (κ3) is 63.1. The van der Waals surface area contributed by atoms with Crippen molar-refractivity contribution in [3.05, 3.63) is 106 Å². The molecule has 1 radical (unpaired) electrons. The summed E-state index contributed by atoms with van der Waals surface area (Å²) in [6, 6.07) is 10.6. The van der Waals surface area contributed by atoms with Gasteiger partial charge < -0.3 is 67.1 Å². The van der Waals surface area contributed by atoms with E-state index in [1.165, 1.54) is 0 Å². The van der Waals surface area contributed by atoms with Gasteiger partial charge in [0.25, 0.3) is 0 Å². The van der Waals surface area contributed by atoms with E-state index < -0.39 is 15.3 Å². The van der Waals surface area contributed by atoms with Gasteiger partial charge in [-0.3, -0.25) is 9.97 Å². The van der Waals surface area contributed by atoms with Crippen LogP contribution in [0.2, 0.25) is 0 Å². The smallest absolute Gasteiger partial charge is 0.850 e. The van der Waals surface area contributed by atoms with Crippen molar-refractivity contribution in [2.75, 3.05) is 0 Å². The van der Waals surface area contributed by atoms with Crippen LogP contribution in [0.15, 0.2) is 48.8 Å². The Balaban J connectivity index is -0.0000000494. The van der Waals surface area contributed by atoms with E-state index in [1.807, 2.05) is 0 Å². The van der Waals surface area contributed by atoms with Crippen LogP contribution >= 0.6 is 0 Å². The van der Waals surface area contributed by atoms with Gasteiger partial charge in [0, 0.05) is 23.8 Å². The fourth-order valence-corrected chi connectivity index (χ4v) is 0.967. The van der Waals surface area contributed by atoms with Gasteiger partial charge in [0.2, 0.25) is 0 Å². The molecule has 0 aliphatic heterocycles. The summed E-state index contributed by atoms with van der Waals surface area (Å²) in [5.74, 6) is 0. The van der Waals surface area contributed by atoms with Crippen molar-refractivity contribution < 1.29 is 92.1 Å². The molecule has 2 rings (SSSR count). The number of rotatable bonds is 2. The normalized spacial score (nSPS) is 6.81. The molecule has 0 fully saturated rings. The van der Waals surface area contributed by atoms with Gasteiger partial charge in [-0.1, -0.05) is 25.3 Å². The van der Waals surface area contributed by atoms with Gasteiger partial charge in [0.15, 0.2) is 0 Å². The van der Waals surface area contributed by atoms with Crippen molar-refractivity contribution in [1.29, 1.82) is 0 Å². The Morgan fingerprint density at radius 2 is 0.844 bits per heavy atom. The molecule has 2 aromatic rings. The van der Waals surface area contributed by atoms with Crippen molar-refractivity contribution in [2.45, 2.75) is 13.2 Å². The van der Waals surface area contributed by atoms with E-state index in [1.54, 1.807) is 48.8 Å². The van der Waals surface area contributed by atoms with E-state index in [-0.39, 0.29) is 79.8 Å². The Morgan fingerprint density at radius 1 is 0.625 bits per heavy atom. The molecule has 0 aromatic carbocycles. The predicted molar refractivity (Wildman–Crippen MR) is 96.7 cm³/mol. The summed E-state index contributed by atoms with van der Waals surface area (Å²) in [4.78, 5) is 32.3. The molecule has 0 saturated carbocycles. The molecule has 18 nitrogen and oxygen atoms in total. The van der Waals surface area contributed by atoms with Gasteiger partial charge in [-0.15, -0.1) is 0 Å². The zero-order chi connectivity index (χ0) is 22.4. The van der Waals surface area contributed by atoms with Crippen LogP contribution in [0.25, 0.3) is 0 Å². The monoisotopic (exact) mass is 662 g/mol. The maximum atomic E-state index is 10.1. The van der Waals surface area contributed by atoms with Crippen molar-refractivity contribution in [1.82, 2.24) is 9.97 Å². The third-order valence-electron chi connectivity index (χ3n) is 1.75. The molecule has 0 saturated heterocycles. The van der Waals surface area contributed by atoms with Crippen LogP contribution in [0.3, 0.4) is 0 Å². The Kier molecular flexibility index (Phi) is 53.2. The van der Waals surface area contributed by atoms with Gasteiger partial charge in [0.05, 0.1) is 15.3 Å². The summed E-state index contributed by atoms with van der Waals surface area (Å²) < 4.78 is 0. The predicted octanol–water partition coefficient (Wildman–Crippen LogP) is -2.68. The Bertz CT molecular complexity index is 580. The largest absolute Gasteiger partial charge is 3.00 e. The Labute approximate surface area is 220 Å². The molecule has 6 N–H and O–H groups in total. The third-order valence-corrected chi connectivity index (χ3v) is 1.75. The number of pyridine rings is 2. The van der Waals surface area contributed by atoms with Crippen molar-refractivity contribution in [2.24, 2.45) is 0 Å². The van der Waals surface area contributed by atoms with Crippen LogP contribution in [-0.2, 0) is 41.2 Å². The standard InChI is InChI=1S/2C6H6NO.Cu.3NO3.2H2O.Tb/c2*8-5-6-3-1-2-4-7-6;;3*2-1(3)4;;;/h2*1-4H,5H2;;;;;2*1H2;/q2*-1;+2;3*-1;;;+3/p+2. The van der Waals surface area contributed by atoms with Crippen LogP contribution in [0.5, 0.6) is 0 Å². The van der Waals surface area contributed by atoms with Gasteiger partial charge in [-0.2, -0.15) is 0 Å². The van der Waals surface area contributed by atoms with E-state index in [4.69, 9.17) is 46.0 Å². The second-order valence-electron chi connectivity index (χ2n) is 3.60. The molecule has 0 aliphatic carbocycles. The first-order valence-corrected chi connectivity index (χ1v) is 6.47. The topological polar surface area (TPSA) is 336 Å². The molecule has 20 heteroatoms. The van der Waals surface area contributed by atoms with E-state index in [9.17, 15) is 10.2 Å². The molecule has 2 aromatic heterocycles. The summed E-state index contributed by atoms with van der Waals surface area (Å²) in [6.07, 6.45) is 3.24. The fourth-order valence-electron chi connectivity index (χ4n) is 0.967. The van der Waals surface area contributed by atoms with Gasteiger partial charge in [-0.05, 0) is 24.3 Å². The maximum absolute atomic E-state index is 10.1. The minimum Gasteiger partial charge on any atom is -0.850 e. The van der Waals surface area contributed by atoms with Crippen LogP contribution < -0.4 is 10.2 Å². The molecule has 2 heterocycles. The first-order valence-electron chi connectivity index (χ1n) is 6.47. The van der Waals surface area contributed by atoms with E-state index in [0.29, 0.717) is 11.4 Å². The Morgan fingerprint density at radius 3 is 0.938 bits per heavy atom. The Hall–Kier alpha value is -2.45. The zero-order valence-corrected chi connectivity index (χ0v) is 18.6. The summed E-state index contributed by atoms with van der Waals surface area (Å²) in [5, 5.41) is 64.4. The summed E-state index contributed by atoms with van der Waals surface area (Å²) in [6.45, 7) is -0.443. The first-order chi connectivity index (χ1) is 13.1. The summed E-state index contributed by atoms with van der Waals surface area (Å²) in [5.41, 5.74) is 1.21. The van der Waals surface area contributed by atoms with Crippen LogP contribution in [0, 0.1) is 84.6 Å². The SMILES string of the molecule is O=[N+]([O-])[O-].O=[N+]([O-])[O-].O=[N+]([O-])[O-].[Cu+2].[O-]Cc1ccccn1.[O-]Cc1ccccn1.[OH3+].[OH3+].[Tb+3]. The average molecular weight is 663 g/mol. The summed E-state index contributed by atoms with van der Waals surface area (Å²) in [7, 11) is 0. The van der Waals surface area contributed by atoms with Gasteiger partial charge >= 0.3 is 55.7 Å². The minimum absolute atomic E-state index is 0. The molecule has 0 bridgehead atoms. The van der Waals surface area contributed by atoms with Gasteiger partial charge in [-0.25, -0.2) is 0 Å². The molecular weight excluding hydrogens is 645 g/mol. The quantitative estimate of drug-likeness (QED) is 0.137. The molecule has 187 valence electrons. The first kappa shape index (κ1) is 47.4. The molecule has 0 aliphatic rings. The minimum atomic E-state index is -1.75. The molecule has 32 heavy (non-hydrogen) atoms. The summed E-state index contributed by atoms with van der Waals surface area (Å²) >= 11 is 0. The average Bonchev–Trinajstić information content (AvgIpc) is 2.62. The molecule has 0 atom stereocenters. The molecular formula is C12H18CuN5O13Tb+2. The molecule has 0 spiro atoms. The van der Waals surface area contributed by atoms with E-state index in [2.05, 4.69) is 9.97 Å². The van der Waals surface area contributed by atoms with Crippen molar-refractivity contribution in [3.8, 4) is 0 Å². The zero-order valence-electron chi connectivity index (χ0n) is 15.5. The van der Waals surface area contributed by atoms with Gasteiger partial charge in [0.1, 0.15) is 0 Å². The number of hydrogen-bond donors (Lipinski definition) is 0. The van der Waals surface area contributed by atoms with E-state index in [0.717, 1.165) is 0 Å². The van der Waals surface area contributed by atoms with Crippen LogP contribution in [-0.4, -0.2) is 25.2 Å². The van der Waals surface area contributed by atoms with Crippen LogP contribution in [0.1, 0.15) is 11.4 Å². The van der Waals surface area contributed by atoms with Crippen molar-refractivity contribution >= 4 is 0 Å². The van der Waals surface area contributed by atoms with Crippen LogP contribution in [0.4, 0.5) is 0 Å². The van der Waals surface area contributed by atoms with Crippen molar-refractivity contribution in [3.63, 3.8) is 0 Å². The number of hydrogen-bond acceptors (Lipinski definition) is 13. The maximum Gasteiger partial charge on any atom is 3.00 e. The van der Waals surface area contributed by atoms with E-state index >= 15 is 0 Å². The second-order valence-corrected chi connectivity index (χ2v) is 3.60. The number of aromatic nitrogens is 2.